The number of carbonyl (C=O) groups excluding carboxylic acids is 1. The minimum absolute atomic E-state index is 0.00260. The van der Waals surface area contributed by atoms with Gasteiger partial charge in [0.05, 0.1) is 6.61 Å². The minimum atomic E-state index is -0.00260. The zero-order chi connectivity index (χ0) is 10.8. The number of hydrogen-bond acceptors (Lipinski definition) is 3. The van der Waals surface area contributed by atoms with Crippen LogP contribution in [0.2, 0.25) is 0 Å². The van der Waals surface area contributed by atoms with Gasteiger partial charge in [-0.2, -0.15) is 0 Å². The molecule has 14 heavy (non-hydrogen) atoms. The highest BCUT2D eigenvalue weighted by molar-refractivity contribution is 7.80. The second-order valence-electron chi connectivity index (χ2n) is 2.60. The van der Waals surface area contributed by atoms with Crippen molar-refractivity contribution in [2.75, 3.05) is 33.9 Å². The summed E-state index contributed by atoms with van der Waals surface area (Å²) in [5.74, 6) is -0.00260. The highest BCUT2D eigenvalue weighted by Crippen LogP contribution is 1.76. The predicted octanol–water partition coefficient (Wildman–Crippen LogP) is -0.767. The van der Waals surface area contributed by atoms with Crippen LogP contribution in [-0.4, -0.2) is 44.9 Å². The Hall–Kier alpha value is -0.880. The number of ether oxygens (including phenoxy) is 1. The number of rotatable bonds is 6. The van der Waals surface area contributed by atoms with Gasteiger partial charge in [0, 0.05) is 33.7 Å². The van der Waals surface area contributed by atoms with Crippen molar-refractivity contribution in [3.05, 3.63) is 0 Å². The normalized spacial score (nSPS) is 9.29. The third-order valence-corrected chi connectivity index (χ3v) is 1.80. The van der Waals surface area contributed by atoms with Crippen LogP contribution in [0.3, 0.4) is 0 Å². The van der Waals surface area contributed by atoms with E-state index in [2.05, 4.69) is 16.0 Å². The van der Waals surface area contributed by atoms with Crippen LogP contribution in [0.25, 0.3) is 0 Å². The van der Waals surface area contributed by atoms with Crippen molar-refractivity contribution in [3.8, 4) is 0 Å². The summed E-state index contributed by atoms with van der Waals surface area (Å²) < 4.78 is 4.84. The molecule has 0 heterocycles. The average Bonchev–Trinajstić information content (AvgIpc) is 2.18. The van der Waals surface area contributed by atoms with E-state index in [4.69, 9.17) is 17.0 Å². The van der Waals surface area contributed by atoms with Crippen molar-refractivity contribution < 1.29 is 9.53 Å². The lowest BCUT2D eigenvalue weighted by molar-refractivity contribution is -0.120. The summed E-state index contributed by atoms with van der Waals surface area (Å²) in [6.07, 6.45) is 0.419. The first-order valence-electron chi connectivity index (χ1n) is 4.42. The van der Waals surface area contributed by atoms with Crippen LogP contribution in [0.5, 0.6) is 0 Å². The van der Waals surface area contributed by atoms with Crippen LogP contribution in [0.1, 0.15) is 6.42 Å². The Labute approximate surface area is 89.6 Å². The molecule has 0 rings (SSSR count). The first-order valence-corrected chi connectivity index (χ1v) is 4.82. The topological polar surface area (TPSA) is 62.4 Å². The molecule has 0 saturated heterocycles. The van der Waals surface area contributed by atoms with Gasteiger partial charge in [0.15, 0.2) is 5.11 Å². The number of amides is 1. The van der Waals surface area contributed by atoms with Gasteiger partial charge in [-0.05, 0) is 12.2 Å². The average molecular weight is 219 g/mol. The Morgan fingerprint density at radius 1 is 1.36 bits per heavy atom. The number of nitrogens with one attached hydrogen (secondary N) is 3. The lowest BCUT2D eigenvalue weighted by Gasteiger charge is -2.09. The van der Waals surface area contributed by atoms with Crippen LogP contribution in [0, 0.1) is 0 Å². The molecule has 0 saturated carbocycles. The van der Waals surface area contributed by atoms with Gasteiger partial charge in [0.25, 0.3) is 0 Å². The molecular formula is C8H17N3O2S. The van der Waals surface area contributed by atoms with Gasteiger partial charge in [0.2, 0.25) is 5.91 Å². The minimum Gasteiger partial charge on any atom is -0.383 e. The van der Waals surface area contributed by atoms with E-state index in [1.54, 1.807) is 14.2 Å². The quantitative estimate of drug-likeness (QED) is 0.404. The van der Waals surface area contributed by atoms with E-state index >= 15 is 0 Å². The van der Waals surface area contributed by atoms with Gasteiger partial charge >= 0.3 is 0 Å². The first kappa shape index (κ1) is 13.1. The third-order valence-electron chi connectivity index (χ3n) is 1.51. The number of hydrogen-bond donors (Lipinski definition) is 3. The molecule has 0 aliphatic rings. The van der Waals surface area contributed by atoms with E-state index in [-0.39, 0.29) is 5.91 Å². The van der Waals surface area contributed by atoms with Crippen molar-refractivity contribution in [2.24, 2.45) is 0 Å². The molecule has 0 radical (unpaired) electrons. The van der Waals surface area contributed by atoms with Crippen molar-refractivity contribution in [3.63, 3.8) is 0 Å². The molecule has 5 nitrogen and oxygen atoms in total. The van der Waals surface area contributed by atoms with E-state index in [0.29, 0.717) is 31.2 Å². The largest absolute Gasteiger partial charge is 0.383 e. The summed E-state index contributed by atoms with van der Waals surface area (Å²) in [6, 6.07) is 0. The summed E-state index contributed by atoms with van der Waals surface area (Å²) >= 11 is 4.95. The molecule has 0 aliphatic carbocycles. The summed E-state index contributed by atoms with van der Waals surface area (Å²) in [4.78, 5) is 10.8. The fourth-order valence-electron chi connectivity index (χ4n) is 0.744. The molecule has 82 valence electrons. The van der Waals surface area contributed by atoms with Gasteiger partial charge in [-0.25, -0.2) is 0 Å². The molecule has 0 atom stereocenters. The maximum absolute atomic E-state index is 10.8. The van der Waals surface area contributed by atoms with Crippen LogP contribution in [0.15, 0.2) is 0 Å². The second kappa shape index (κ2) is 8.71. The summed E-state index contributed by atoms with van der Waals surface area (Å²) in [5.41, 5.74) is 0. The molecule has 0 aromatic heterocycles. The predicted molar refractivity (Wildman–Crippen MR) is 59.2 cm³/mol. The van der Waals surface area contributed by atoms with Gasteiger partial charge < -0.3 is 20.7 Å². The van der Waals surface area contributed by atoms with E-state index in [9.17, 15) is 4.79 Å². The lowest BCUT2D eigenvalue weighted by Crippen LogP contribution is -2.38. The van der Waals surface area contributed by atoms with E-state index in [1.165, 1.54) is 0 Å². The Balaban J connectivity index is 3.31. The summed E-state index contributed by atoms with van der Waals surface area (Å²) in [7, 11) is 3.24. The van der Waals surface area contributed by atoms with E-state index in [0.717, 1.165) is 0 Å². The number of methoxy groups -OCH3 is 1. The molecule has 0 bridgehead atoms. The highest BCUT2D eigenvalue weighted by Gasteiger charge is 1.98. The van der Waals surface area contributed by atoms with Crippen molar-refractivity contribution in [2.45, 2.75) is 6.42 Å². The van der Waals surface area contributed by atoms with Gasteiger partial charge in [-0.3, -0.25) is 4.79 Å². The molecule has 0 aliphatic heterocycles. The van der Waals surface area contributed by atoms with Gasteiger partial charge in [-0.1, -0.05) is 0 Å². The molecule has 3 N–H and O–H groups in total. The summed E-state index contributed by atoms with van der Waals surface area (Å²) in [6.45, 7) is 1.82. The lowest BCUT2D eigenvalue weighted by atomic mass is 10.4. The highest BCUT2D eigenvalue weighted by atomic mass is 32.1. The monoisotopic (exact) mass is 219 g/mol. The Bertz CT molecular complexity index is 187. The molecule has 0 fully saturated rings. The van der Waals surface area contributed by atoms with Gasteiger partial charge in [-0.15, -0.1) is 0 Å². The van der Waals surface area contributed by atoms with Crippen LogP contribution < -0.4 is 16.0 Å². The zero-order valence-electron chi connectivity index (χ0n) is 8.55. The Morgan fingerprint density at radius 2 is 2.00 bits per heavy atom. The summed E-state index contributed by atoms with van der Waals surface area (Å²) in [5, 5.41) is 8.93. The third kappa shape index (κ3) is 7.75. The Morgan fingerprint density at radius 3 is 2.57 bits per heavy atom. The number of carbonyl (C=O) groups is 1. The standard InChI is InChI=1S/C8H17N3O2S/c1-9-7(12)3-4-10-8(14)11-5-6-13-2/h3-6H2,1-2H3,(H,9,12)(H2,10,11,14). The smallest absolute Gasteiger partial charge is 0.221 e. The Kier molecular flexibility index (Phi) is 8.16. The fourth-order valence-corrected chi connectivity index (χ4v) is 0.948. The van der Waals surface area contributed by atoms with E-state index in [1.807, 2.05) is 0 Å². The molecule has 0 aromatic carbocycles. The number of thiocarbonyl (C=S) groups is 1. The van der Waals surface area contributed by atoms with Crippen LogP contribution in [-0.2, 0) is 9.53 Å². The fraction of sp³-hybridized carbons (Fsp3) is 0.750. The van der Waals surface area contributed by atoms with Crippen LogP contribution in [0.4, 0.5) is 0 Å². The zero-order valence-corrected chi connectivity index (χ0v) is 9.37. The van der Waals surface area contributed by atoms with Crippen molar-refractivity contribution >= 4 is 23.2 Å². The van der Waals surface area contributed by atoms with Crippen molar-refractivity contribution in [1.29, 1.82) is 0 Å². The van der Waals surface area contributed by atoms with Crippen LogP contribution >= 0.6 is 12.2 Å². The molecule has 0 spiro atoms. The first-order chi connectivity index (χ1) is 6.70. The van der Waals surface area contributed by atoms with Gasteiger partial charge in [0.1, 0.15) is 0 Å². The maximum atomic E-state index is 10.8. The molecule has 0 aromatic rings. The molecular weight excluding hydrogens is 202 g/mol. The molecule has 0 unspecified atom stereocenters. The maximum Gasteiger partial charge on any atom is 0.221 e. The molecule has 1 amide bonds. The second-order valence-corrected chi connectivity index (χ2v) is 3.01. The molecule has 6 heteroatoms. The van der Waals surface area contributed by atoms with E-state index < -0.39 is 0 Å². The SMILES string of the molecule is CNC(=O)CCNC(=S)NCCOC. The van der Waals surface area contributed by atoms with Crippen molar-refractivity contribution in [1.82, 2.24) is 16.0 Å².